The summed E-state index contributed by atoms with van der Waals surface area (Å²) in [4.78, 5) is 39.3. The molecule has 1 saturated carbocycles. The molecule has 2 fully saturated rings. The number of carbonyl (C=O) groups excluding carboxylic acids is 2. The van der Waals surface area contributed by atoms with Crippen molar-refractivity contribution in [1.29, 1.82) is 0 Å². The fourth-order valence-electron chi connectivity index (χ4n) is 3.98. The van der Waals surface area contributed by atoms with E-state index in [4.69, 9.17) is 5.53 Å². The van der Waals surface area contributed by atoms with E-state index >= 15 is 0 Å². The Hall–Kier alpha value is -2.90. The molecule has 136 valence electrons. The minimum atomic E-state index is -1.10. The summed E-state index contributed by atoms with van der Waals surface area (Å²) in [6, 6.07) is 6.12. The second-order valence-electron chi connectivity index (χ2n) is 7.14. The van der Waals surface area contributed by atoms with Gasteiger partial charge in [-0.25, -0.2) is 0 Å². The van der Waals surface area contributed by atoms with Gasteiger partial charge in [0.1, 0.15) is 12.1 Å². The minimum Gasteiger partial charge on any atom is -0.481 e. The van der Waals surface area contributed by atoms with Crippen LogP contribution in [-0.2, 0) is 14.4 Å². The molecule has 9 heteroatoms. The molecule has 1 aliphatic carbocycles. The topological polar surface area (TPSA) is 144 Å². The Morgan fingerprint density at radius 1 is 1.35 bits per heavy atom. The van der Waals surface area contributed by atoms with Crippen molar-refractivity contribution in [2.75, 3.05) is 0 Å². The van der Waals surface area contributed by atoms with E-state index in [0.717, 1.165) is 0 Å². The third kappa shape index (κ3) is 2.81. The van der Waals surface area contributed by atoms with Crippen LogP contribution in [0, 0.1) is 11.8 Å². The molecule has 5 atom stereocenters. The average molecular weight is 357 g/mol. The molecule has 0 aromatic heterocycles. The normalized spacial score (nSPS) is 29.7. The number of rotatable bonds is 5. The SMILES string of the molecule is CC1(C)NC2C(NC(=O)C(N=[N+]=[N-])c3ccccc3)C(=O)C2C1C(=O)O. The summed E-state index contributed by atoms with van der Waals surface area (Å²) in [5, 5.41) is 18.7. The number of ketones is 1. The van der Waals surface area contributed by atoms with Crippen molar-refractivity contribution < 1.29 is 19.5 Å². The number of Topliss-reactive ketones (excluding diaryl/α,β-unsaturated/α-hetero) is 1. The highest BCUT2D eigenvalue weighted by atomic mass is 16.4. The number of nitrogens with one attached hydrogen (secondary N) is 2. The number of nitrogens with zero attached hydrogens (tertiary/aromatic N) is 3. The molecule has 0 radical (unpaired) electrons. The quantitative estimate of drug-likeness (QED) is 0.411. The van der Waals surface area contributed by atoms with Crippen LogP contribution in [0.25, 0.3) is 10.4 Å². The van der Waals surface area contributed by atoms with Gasteiger partial charge in [-0.2, -0.15) is 0 Å². The molecule has 2 aliphatic rings. The van der Waals surface area contributed by atoms with Crippen LogP contribution in [0.1, 0.15) is 25.5 Å². The molecule has 1 aromatic rings. The lowest BCUT2D eigenvalue weighted by Gasteiger charge is -2.40. The van der Waals surface area contributed by atoms with Crippen molar-refractivity contribution in [3.05, 3.63) is 46.3 Å². The van der Waals surface area contributed by atoms with E-state index in [1.165, 1.54) is 0 Å². The van der Waals surface area contributed by atoms with Gasteiger partial charge in [0.2, 0.25) is 5.91 Å². The van der Waals surface area contributed by atoms with Crippen LogP contribution in [0.5, 0.6) is 0 Å². The Kier molecular flexibility index (Phi) is 4.43. The van der Waals surface area contributed by atoms with Gasteiger partial charge in [0, 0.05) is 16.5 Å². The summed E-state index contributed by atoms with van der Waals surface area (Å²) in [5.74, 6) is -3.48. The fraction of sp³-hybridized carbons (Fsp3) is 0.471. The molecule has 1 amide bonds. The summed E-state index contributed by atoms with van der Waals surface area (Å²) < 4.78 is 0. The highest BCUT2D eigenvalue weighted by Gasteiger charge is 2.65. The van der Waals surface area contributed by atoms with Crippen molar-refractivity contribution in [2.24, 2.45) is 17.0 Å². The van der Waals surface area contributed by atoms with Gasteiger partial charge in [-0.1, -0.05) is 35.4 Å². The summed E-state index contributed by atoms with van der Waals surface area (Å²) in [5.41, 5.74) is 8.50. The molecule has 0 spiro atoms. The van der Waals surface area contributed by atoms with Crippen molar-refractivity contribution >= 4 is 17.7 Å². The Labute approximate surface area is 149 Å². The van der Waals surface area contributed by atoms with Gasteiger partial charge in [0.25, 0.3) is 0 Å². The van der Waals surface area contributed by atoms with E-state index in [1.54, 1.807) is 44.2 Å². The number of carbonyl (C=O) groups is 3. The molecule has 1 heterocycles. The maximum Gasteiger partial charge on any atom is 0.309 e. The van der Waals surface area contributed by atoms with E-state index in [1.807, 2.05) is 0 Å². The van der Waals surface area contributed by atoms with Gasteiger partial charge in [-0.3, -0.25) is 14.4 Å². The average Bonchev–Trinajstić information content (AvgIpc) is 2.86. The van der Waals surface area contributed by atoms with Crippen LogP contribution < -0.4 is 10.6 Å². The van der Waals surface area contributed by atoms with Crippen molar-refractivity contribution in [1.82, 2.24) is 10.6 Å². The summed E-state index contributed by atoms with van der Waals surface area (Å²) in [6.45, 7) is 3.45. The lowest BCUT2D eigenvalue weighted by Crippen LogP contribution is -2.67. The van der Waals surface area contributed by atoms with E-state index in [2.05, 4.69) is 20.7 Å². The second kappa shape index (κ2) is 6.44. The minimum absolute atomic E-state index is 0.318. The molecule has 26 heavy (non-hydrogen) atoms. The van der Waals surface area contributed by atoms with Gasteiger partial charge in [0.15, 0.2) is 5.78 Å². The van der Waals surface area contributed by atoms with Crippen molar-refractivity contribution in [3.8, 4) is 0 Å². The van der Waals surface area contributed by atoms with E-state index in [9.17, 15) is 19.5 Å². The number of hydrogen-bond acceptors (Lipinski definition) is 5. The molecule has 1 aromatic carbocycles. The first kappa shape index (κ1) is 17.9. The highest BCUT2D eigenvalue weighted by molar-refractivity contribution is 6.02. The number of aliphatic carboxylic acids is 1. The zero-order chi connectivity index (χ0) is 19.1. The Morgan fingerprint density at radius 3 is 2.58 bits per heavy atom. The molecule has 3 N–H and O–H groups in total. The predicted molar refractivity (Wildman–Crippen MR) is 90.9 cm³/mol. The first-order valence-electron chi connectivity index (χ1n) is 8.21. The van der Waals surface area contributed by atoms with Crippen molar-refractivity contribution in [3.63, 3.8) is 0 Å². The first-order chi connectivity index (χ1) is 12.3. The molecular weight excluding hydrogens is 338 g/mol. The van der Waals surface area contributed by atoms with E-state index in [-0.39, 0.29) is 5.78 Å². The van der Waals surface area contributed by atoms with Gasteiger partial charge < -0.3 is 15.7 Å². The van der Waals surface area contributed by atoms with E-state index < -0.39 is 47.4 Å². The Balaban J connectivity index is 1.78. The van der Waals surface area contributed by atoms with Crippen LogP contribution >= 0.6 is 0 Å². The smallest absolute Gasteiger partial charge is 0.309 e. The van der Waals surface area contributed by atoms with Crippen LogP contribution in [-0.4, -0.2) is 40.4 Å². The Morgan fingerprint density at radius 2 is 2.00 bits per heavy atom. The van der Waals surface area contributed by atoms with Crippen LogP contribution in [0.3, 0.4) is 0 Å². The molecule has 0 bridgehead atoms. The summed E-state index contributed by atoms with van der Waals surface area (Å²) >= 11 is 0. The first-order valence-corrected chi connectivity index (χ1v) is 8.21. The monoisotopic (exact) mass is 357 g/mol. The van der Waals surface area contributed by atoms with Crippen molar-refractivity contribution in [2.45, 2.75) is 37.5 Å². The number of carboxylic acid groups (broad SMARTS) is 1. The third-order valence-electron chi connectivity index (χ3n) is 5.15. The van der Waals surface area contributed by atoms with Crippen LogP contribution in [0.4, 0.5) is 0 Å². The molecular formula is C17H19N5O4. The van der Waals surface area contributed by atoms with Gasteiger partial charge in [0.05, 0.1) is 11.8 Å². The van der Waals surface area contributed by atoms with Crippen LogP contribution in [0.2, 0.25) is 0 Å². The molecule has 1 aliphatic heterocycles. The maximum absolute atomic E-state index is 12.6. The number of hydrogen-bond donors (Lipinski definition) is 3. The fourth-order valence-corrected chi connectivity index (χ4v) is 3.98. The zero-order valence-corrected chi connectivity index (χ0v) is 14.3. The lowest BCUT2D eigenvalue weighted by molar-refractivity contribution is -0.151. The number of azide groups is 1. The van der Waals surface area contributed by atoms with Gasteiger partial charge in [-0.05, 0) is 24.9 Å². The molecule has 3 rings (SSSR count). The van der Waals surface area contributed by atoms with E-state index in [0.29, 0.717) is 5.56 Å². The number of carboxylic acids is 1. The molecule has 5 unspecified atom stereocenters. The standard InChI is InChI=1S/C17H19N5O4/c1-17(2)10(16(25)26)9-12(20-17)13(14(9)23)19-15(24)11(21-22-18)8-6-4-3-5-7-8/h3-7,9-13,20H,1-2H3,(H,19,24)(H,25,26). The highest BCUT2D eigenvalue weighted by Crippen LogP contribution is 2.44. The number of amides is 1. The summed E-state index contributed by atoms with van der Waals surface area (Å²) in [6.07, 6.45) is 0. The van der Waals surface area contributed by atoms with Crippen LogP contribution in [0.15, 0.2) is 35.4 Å². The molecule has 9 nitrogen and oxygen atoms in total. The molecule has 1 saturated heterocycles. The second-order valence-corrected chi connectivity index (χ2v) is 7.14. The maximum atomic E-state index is 12.6. The largest absolute Gasteiger partial charge is 0.481 e. The lowest BCUT2D eigenvalue weighted by atomic mass is 9.67. The van der Waals surface area contributed by atoms with Gasteiger partial charge in [-0.15, -0.1) is 0 Å². The number of benzene rings is 1. The predicted octanol–water partition coefficient (Wildman–Crippen LogP) is 1.17. The third-order valence-corrected chi connectivity index (χ3v) is 5.15. The summed E-state index contributed by atoms with van der Waals surface area (Å²) in [7, 11) is 0. The Bertz CT molecular complexity index is 803. The van der Waals surface area contributed by atoms with Gasteiger partial charge >= 0.3 is 5.97 Å². The number of fused-ring (bicyclic) bond motifs is 1. The zero-order valence-electron chi connectivity index (χ0n) is 14.3.